The third kappa shape index (κ3) is 3.81. The summed E-state index contributed by atoms with van der Waals surface area (Å²) in [5, 5.41) is 18.4. The molecule has 0 aromatic rings. The van der Waals surface area contributed by atoms with E-state index >= 15 is 0 Å². The summed E-state index contributed by atoms with van der Waals surface area (Å²) in [4.78, 5) is 24.6. The van der Waals surface area contributed by atoms with Gasteiger partial charge >= 0.3 is 11.9 Å². The molecule has 0 spiro atoms. The first-order chi connectivity index (χ1) is 10.6. The monoisotopic (exact) mass is 344 g/mol. The molecule has 5 heteroatoms. The van der Waals surface area contributed by atoms with Crippen molar-refractivity contribution in [2.45, 2.75) is 102 Å². The Morgan fingerprint density at radius 2 is 1.09 bits per heavy atom. The number of hydrogen-bond donors (Lipinski definition) is 2. The zero-order chi connectivity index (χ0) is 18.3. The van der Waals surface area contributed by atoms with Crippen LogP contribution in [0.1, 0.15) is 79.1 Å². The van der Waals surface area contributed by atoms with Crippen LogP contribution in [0.25, 0.3) is 0 Å². The Hall–Kier alpha value is -0.843. The largest absolute Gasteiger partial charge is 0.481 e. The lowest BCUT2D eigenvalue weighted by Gasteiger charge is -2.52. The molecule has 4 nitrogen and oxygen atoms in total. The Labute approximate surface area is 142 Å². The predicted octanol–water partition coefficient (Wildman–Crippen LogP) is 5.55. The first-order valence-corrected chi connectivity index (χ1v) is 12.1. The van der Waals surface area contributed by atoms with Gasteiger partial charge in [0.2, 0.25) is 0 Å². The number of aliphatic carboxylic acids is 2. The zero-order valence-corrected chi connectivity index (χ0v) is 16.9. The van der Waals surface area contributed by atoms with Crippen molar-refractivity contribution >= 4 is 20.0 Å². The van der Waals surface area contributed by atoms with Gasteiger partial charge in [-0.1, -0.05) is 66.5 Å². The average Bonchev–Trinajstić information content (AvgIpc) is 2.48. The highest BCUT2D eigenvalue weighted by molar-refractivity contribution is 6.88. The average molecular weight is 345 g/mol. The second kappa shape index (κ2) is 8.86. The number of unbranched alkanes of at least 4 members (excludes halogenated alkanes) is 2. The maximum Gasteiger partial charge on any atom is 0.306 e. The lowest BCUT2D eigenvalue weighted by Crippen LogP contribution is -2.58. The van der Waals surface area contributed by atoms with Crippen LogP contribution in [-0.2, 0) is 9.59 Å². The number of carbonyl (C=O) groups is 2. The van der Waals surface area contributed by atoms with Gasteiger partial charge in [-0.15, -0.1) is 0 Å². The maximum absolute atomic E-state index is 12.3. The number of rotatable bonds is 12. The highest BCUT2D eigenvalue weighted by atomic mass is 28.3. The summed E-state index contributed by atoms with van der Waals surface area (Å²) >= 11 is 0. The lowest BCUT2D eigenvalue weighted by molar-refractivity contribution is -0.142. The lowest BCUT2D eigenvalue weighted by atomic mass is 9.96. The van der Waals surface area contributed by atoms with Crippen molar-refractivity contribution in [2.24, 2.45) is 0 Å². The van der Waals surface area contributed by atoms with E-state index in [2.05, 4.69) is 13.8 Å². The van der Waals surface area contributed by atoms with Crippen LogP contribution >= 0.6 is 0 Å². The van der Waals surface area contributed by atoms with Crippen LogP contribution in [0.15, 0.2) is 0 Å². The van der Waals surface area contributed by atoms with Gasteiger partial charge in [-0.3, -0.25) is 9.59 Å². The predicted molar refractivity (Wildman–Crippen MR) is 97.8 cm³/mol. The molecule has 23 heavy (non-hydrogen) atoms. The fourth-order valence-electron chi connectivity index (χ4n) is 4.33. The first-order valence-electron chi connectivity index (χ1n) is 9.10. The molecule has 0 radical (unpaired) electrons. The molecule has 0 saturated carbocycles. The second-order valence-corrected chi connectivity index (χ2v) is 12.5. The van der Waals surface area contributed by atoms with Gasteiger partial charge in [-0.2, -0.15) is 0 Å². The molecule has 0 rings (SSSR count). The molecule has 0 aliphatic rings. The van der Waals surface area contributed by atoms with E-state index < -0.39 is 30.1 Å². The van der Waals surface area contributed by atoms with E-state index in [4.69, 9.17) is 0 Å². The van der Waals surface area contributed by atoms with Gasteiger partial charge in [0.25, 0.3) is 0 Å². The van der Waals surface area contributed by atoms with E-state index in [0.717, 1.165) is 25.7 Å². The van der Waals surface area contributed by atoms with Gasteiger partial charge < -0.3 is 10.2 Å². The summed E-state index contributed by atoms with van der Waals surface area (Å²) in [5.41, 5.74) is 0. The summed E-state index contributed by atoms with van der Waals surface area (Å²) in [6, 6.07) is 0. The first kappa shape index (κ1) is 22.2. The number of carboxylic acid groups (broad SMARTS) is 2. The Balaban J connectivity index is 6.22. The van der Waals surface area contributed by atoms with Crippen LogP contribution < -0.4 is 0 Å². The van der Waals surface area contributed by atoms with Gasteiger partial charge in [0.05, 0.1) is 18.2 Å². The minimum Gasteiger partial charge on any atom is -0.481 e. The topological polar surface area (TPSA) is 74.6 Å². The van der Waals surface area contributed by atoms with Crippen molar-refractivity contribution in [3.05, 3.63) is 0 Å². The molecule has 0 aliphatic carbocycles. The van der Waals surface area contributed by atoms with E-state index in [1.54, 1.807) is 0 Å². The highest BCUT2D eigenvalue weighted by Gasteiger charge is 2.63. The van der Waals surface area contributed by atoms with Crippen molar-refractivity contribution in [2.75, 3.05) is 0 Å². The normalized spacial score (nSPS) is 17.3. The molecule has 0 fully saturated rings. The summed E-state index contributed by atoms with van der Waals surface area (Å²) in [6.45, 7) is 12.0. The van der Waals surface area contributed by atoms with Gasteiger partial charge in [-0.05, 0) is 25.7 Å². The van der Waals surface area contributed by atoms with E-state index in [9.17, 15) is 19.8 Å². The fraction of sp³-hybridized carbons (Fsp3) is 0.889. The molecule has 0 aliphatic heterocycles. The molecular formula is C18H36O4Si. The zero-order valence-electron chi connectivity index (χ0n) is 15.9. The van der Waals surface area contributed by atoms with Crippen molar-refractivity contribution in [3.63, 3.8) is 0 Å². The van der Waals surface area contributed by atoms with Crippen LogP contribution in [0.4, 0.5) is 0 Å². The molecule has 2 unspecified atom stereocenters. The van der Waals surface area contributed by atoms with Crippen LogP contribution in [-0.4, -0.2) is 30.2 Å². The molecule has 0 bridgehead atoms. The second-order valence-electron chi connectivity index (χ2n) is 7.31. The molecule has 0 saturated heterocycles. The van der Waals surface area contributed by atoms with E-state index in [-0.39, 0.29) is 0 Å². The molecule has 2 atom stereocenters. The van der Waals surface area contributed by atoms with Crippen LogP contribution in [0, 0.1) is 0 Å². The smallest absolute Gasteiger partial charge is 0.306 e. The standard InChI is InChI=1S/C18H36O4Si/c1-7-11-13-17(9-3,15(19)20)23(5,6)18(10-4,16(21)22)14-12-8-2/h7-14H2,1-6H3,(H,19,20)(H,21,22). The minimum absolute atomic E-state index is 0.517. The van der Waals surface area contributed by atoms with Crippen LogP contribution in [0.2, 0.25) is 23.2 Å². The van der Waals surface area contributed by atoms with Crippen molar-refractivity contribution in [1.29, 1.82) is 0 Å². The van der Waals surface area contributed by atoms with E-state index in [1.807, 2.05) is 26.9 Å². The summed E-state index contributed by atoms with van der Waals surface area (Å²) in [6.07, 6.45) is 5.76. The Morgan fingerprint density at radius 3 is 1.26 bits per heavy atom. The van der Waals surface area contributed by atoms with Gasteiger partial charge in [0, 0.05) is 0 Å². The molecule has 0 amide bonds. The molecule has 2 N–H and O–H groups in total. The minimum atomic E-state index is -2.66. The quantitative estimate of drug-likeness (QED) is 0.455. The maximum atomic E-state index is 12.3. The molecule has 0 heterocycles. The van der Waals surface area contributed by atoms with E-state index in [1.165, 1.54) is 0 Å². The fourth-order valence-corrected chi connectivity index (χ4v) is 9.69. The summed E-state index contributed by atoms with van der Waals surface area (Å²) in [5.74, 6) is -1.58. The molecular weight excluding hydrogens is 308 g/mol. The van der Waals surface area contributed by atoms with Crippen molar-refractivity contribution < 1.29 is 19.8 Å². The SMILES string of the molecule is CCCCC(CC)(C(=O)O)[Si](C)(C)C(CC)(CCCC)C(=O)O. The molecule has 136 valence electrons. The van der Waals surface area contributed by atoms with Gasteiger partial charge in [0.15, 0.2) is 0 Å². The molecule has 0 aromatic heterocycles. The van der Waals surface area contributed by atoms with Crippen molar-refractivity contribution in [3.8, 4) is 0 Å². The number of hydrogen-bond acceptors (Lipinski definition) is 2. The molecule has 0 aromatic carbocycles. The van der Waals surface area contributed by atoms with Crippen molar-refractivity contribution in [1.82, 2.24) is 0 Å². The Kier molecular flexibility index (Phi) is 8.53. The third-order valence-electron chi connectivity index (χ3n) is 6.33. The Morgan fingerprint density at radius 1 is 0.783 bits per heavy atom. The summed E-state index contributed by atoms with van der Waals surface area (Å²) in [7, 11) is -2.66. The van der Waals surface area contributed by atoms with E-state index in [0.29, 0.717) is 25.7 Å². The highest BCUT2D eigenvalue weighted by Crippen LogP contribution is 2.60. The third-order valence-corrected chi connectivity index (χ3v) is 12.8. The van der Waals surface area contributed by atoms with Crippen LogP contribution in [0.3, 0.4) is 0 Å². The van der Waals surface area contributed by atoms with Crippen LogP contribution in [0.5, 0.6) is 0 Å². The number of carboxylic acids is 2. The summed E-state index contributed by atoms with van der Waals surface area (Å²) < 4.78 is 0. The van der Waals surface area contributed by atoms with Gasteiger partial charge in [0.1, 0.15) is 0 Å². The van der Waals surface area contributed by atoms with Gasteiger partial charge in [-0.25, -0.2) is 0 Å². The Bertz CT molecular complexity index is 372.